The summed E-state index contributed by atoms with van der Waals surface area (Å²) in [7, 11) is 1.91. The lowest BCUT2D eigenvalue weighted by molar-refractivity contribution is 0.247. The molecular weight excluding hydrogens is 326 g/mol. The van der Waals surface area contributed by atoms with Gasteiger partial charge in [0.15, 0.2) is 0 Å². The van der Waals surface area contributed by atoms with Crippen LogP contribution in [-0.2, 0) is 19.0 Å². The molecule has 1 saturated heterocycles. The summed E-state index contributed by atoms with van der Waals surface area (Å²) in [4.78, 5) is 9.64. The zero-order chi connectivity index (χ0) is 18.3. The SMILES string of the molecule is Cn1cc(CN2CCN(c3ccc4nc(C(C)(C)C)cn4c3)CC2)nn1. The fourth-order valence-electron chi connectivity index (χ4n) is 3.39. The summed E-state index contributed by atoms with van der Waals surface area (Å²) >= 11 is 0. The zero-order valence-electron chi connectivity index (χ0n) is 16.1. The summed E-state index contributed by atoms with van der Waals surface area (Å²) in [5, 5.41) is 8.20. The molecule has 0 aliphatic carbocycles. The van der Waals surface area contributed by atoms with Crippen LogP contribution in [0.15, 0.2) is 30.7 Å². The maximum Gasteiger partial charge on any atom is 0.137 e. The van der Waals surface area contributed by atoms with Crippen molar-refractivity contribution in [1.29, 1.82) is 0 Å². The van der Waals surface area contributed by atoms with Crippen LogP contribution in [0.3, 0.4) is 0 Å². The van der Waals surface area contributed by atoms with Crippen molar-refractivity contribution in [2.75, 3.05) is 31.1 Å². The summed E-state index contributed by atoms with van der Waals surface area (Å²) in [5.41, 5.74) is 4.51. The topological polar surface area (TPSA) is 54.5 Å². The lowest BCUT2D eigenvalue weighted by Crippen LogP contribution is -2.46. The van der Waals surface area contributed by atoms with Crippen LogP contribution in [-0.4, -0.2) is 55.5 Å². The van der Waals surface area contributed by atoms with Gasteiger partial charge < -0.3 is 9.30 Å². The normalized spacial score (nSPS) is 16.5. The van der Waals surface area contributed by atoms with Crippen molar-refractivity contribution in [2.24, 2.45) is 7.05 Å². The van der Waals surface area contributed by atoms with Crippen LogP contribution in [0, 0.1) is 0 Å². The number of rotatable bonds is 3. The van der Waals surface area contributed by atoms with E-state index in [1.165, 1.54) is 5.69 Å². The van der Waals surface area contributed by atoms with Gasteiger partial charge in [-0.05, 0) is 12.1 Å². The van der Waals surface area contributed by atoms with E-state index >= 15 is 0 Å². The van der Waals surface area contributed by atoms with Crippen molar-refractivity contribution in [3.63, 3.8) is 0 Å². The first-order chi connectivity index (χ1) is 12.4. The van der Waals surface area contributed by atoms with E-state index in [0.29, 0.717) is 0 Å². The number of aromatic nitrogens is 5. The third-order valence-electron chi connectivity index (χ3n) is 4.98. The molecule has 7 heteroatoms. The molecule has 4 rings (SSSR count). The molecule has 0 saturated carbocycles. The Balaban J connectivity index is 1.43. The van der Waals surface area contributed by atoms with E-state index in [1.807, 2.05) is 13.2 Å². The van der Waals surface area contributed by atoms with Crippen LogP contribution < -0.4 is 4.90 Å². The highest BCUT2D eigenvalue weighted by molar-refractivity contribution is 5.53. The smallest absolute Gasteiger partial charge is 0.137 e. The summed E-state index contributed by atoms with van der Waals surface area (Å²) in [6.07, 6.45) is 6.35. The van der Waals surface area contributed by atoms with Gasteiger partial charge in [-0.3, -0.25) is 9.58 Å². The monoisotopic (exact) mass is 353 g/mol. The first-order valence-electron chi connectivity index (χ1n) is 9.20. The molecule has 0 spiro atoms. The maximum absolute atomic E-state index is 4.75. The van der Waals surface area contributed by atoms with E-state index in [2.05, 4.69) is 69.8 Å². The van der Waals surface area contributed by atoms with Gasteiger partial charge in [0.25, 0.3) is 0 Å². The highest BCUT2D eigenvalue weighted by Gasteiger charge is 2.20. The fourth-order valence-corrected chi connectivity index (χ4v) is 3.39. The fraction of sp³-hybridized carbons (Fsp3) is 0.526. The van der Waals surface area contributed by atoms with Gasteiger partial charge in [0.2, 0.25) is 0 Å². The van der Waals surface area contributed by atoms with Gasteiger partial charge in [-0.15, -0.1) is 5.10 Å². The van der Waals surface area contributed by atoms with Crippen LogP contribution in [0.1, 0.15) is 32.2 Å². The van der Waals surface area contributed by atoms with E-state index in [9.17, 15) is 0 Å². The number of pyridine rings is 1. The largest absolute Gasteiger partial charge is 0.368 e. The second-order valence-electron chi connectivity index (χ2n) is 8.18. The third kappa shape index (κ3) is 3.44. The molecule has 0 unspecified atom stereocenters. The van der Waals surface area contributed by atoms with Crippen LogP contribution in [0.25, 0.3) is 5.65 Å². The van der Waals surface area contributed by atoms with E-state index in [0.717, 1.165) is 49.8 Å². The summed E-state index contributed by atoms with van der Waals surface area (Å²) < 4.78 is 3.92. The Morgan fingerprint density at radius 3 is 2.42 bits per heavy atom. The van der Waals surface area contributed by atoms with Gasteiger partial charge in [-0.25, -0.2) is 4.98 Å². The van der Waals surface area contributed by atoms with Crippen molar-refractivity contribution in [1.82, 2.24) is 29.3 Å². The number of fused-ring (bicyclic) bond motifs is 1. The van der Waals surface area contributed by atoms with E-state index in [1.54, 1.807) is 4.68 Å². The van der Waals surface area contributed by atoms with Crippen LogP contribution in [0.2, 0.25) is 0 Å². The number of anilines is 1. The molecule has 3 aromatic rings. The average molecular weight is 353 g/mol. The van der Waals surface area contributed by atoms with Crippen molar-refractivity contribution in [3.05, 3.63) is 42.1 Å². The summed E-state index contributed by atoms with van der Waals surface area (Å²) in [5.74, 6) is 0. The maximum atomic E-state index is 4.75. The van der Waals surface area contributed by atoms with E-state index in [4.69, 9.17) is 4.98 Å². The predicted molar refractivity (Wildman–Crippen MR) is 102 cm³/mol. The van der Waals surface area contributed by atoms with E-state index in [-0.39, 0.29) is 5.41 Å². The van der Waals surface area contributed by atoms with E-state index < -0.39 is 0 Å². The Morgan fingerprint density at radius 1 is 1.00 bits per heavy atom. The molecule has 4 heterocycles. The quantitative estimate of drug-likeness (QED) is 0.722. The van der Waals surface area contributed by atoms with Gasteiger partial charge in [0, 0.05) is 63.8 Å². The summed E-state index contributed by atoms with van der Waals surface area (Å²) in [6, 6.07) is 4.31. The minimum absolute atomic E-state index is 0.0676. The number of piperazine rings is 1. The van der Waals surface area contributed by atoms with Crippen molar-refractivity contribution in [3.8, 4) is 0 Å². The molecule has 1 aliphatic heterocycles. The number of nitrogens with zero attached hydrogens (tertiary/aromatic N) is 7. The Hall–Kier alpha value is -2.41. The van der Waals surface area contributed by atoms with Crippen molar-refractivity contribution >= 4 is 11.3 Å². The highest BCUT2D eigenvalue weighted by Crippen LogP contribution is 2.24. The molecule has 7 nitrogen and oxygen atoms in total. The minimum atomic E-state index is 0.0676. The standard InChI is InChI=1S/C19H27N7/c1-19(2,3)17-14-26-13-16(5-6-18(26)20-17)25-9-7-24(8-10-25)12-15-11-23(4)22-21-15/h5-6,11,13-14H,7-10,12H2,1-4H3. The molecule has 1 aliphatic rings. The Labute approximate surface area is 154 Å². The lowest BCUT2D eigenvalue weighted by Gasteiger charge is -2.35. The molecule has 0 radical (unpaired) electrons. The Morgan fingerprint density at radius 2 is 1.77 bits per heavy atom. The molecule has 3 aromatic heterocycles. The molecule has 0 aromatic carbocycles. The Kier molecular flexibility index (Phi) is 4.19. The second-order valence-corrected chi connectivity index (χ2v) is 8.18. The number of hydrogen-bond donors (Lipinski definition) is 0. The summed E-state index contributed by atoms with van der Waals surface area (Å²) in [6.45, 7) is 11.6. The third-order valence-corrected chi connectivity index (χ3v) is 4.98. The van der Waals surface area contributed by atoms with Gasteiger partial charge in [0.05, 0.1) is 17.1 Å². The minimum Gasteiger partial charge on any atom is -0.368 e. The molecule has 138 valence electrons. The molecule has 26 heavy (non-hydrogen) atoms. The number of imidazole rings is 1. The first-order valence-corrected chi connectivity index (χ1v) is 9.20. The zero-order valence-corrected chi connectivity index (χ0v) is 16.1. The predicted octanol–water partition coefficient (Wildman–Crippen LogP) is 2.08. The molecule has 0 amide bonds. The molecule has 0 bridgehead atoms. The lowest BCUT2D eigenvalue weighted by atomic mass is 9.93. The number of hydrogen-bond acceptors (Lipinski definition) is 5. The van der Waals surface area contributed by atoms with Gasteiger partial charge in [-0.2, -0.15) is 0 Å². The van der Waals surface area contributed by atoms with Gasteiger partial charge in [0.1, 0.15) is 5.65 Å². The van der Waals surface area contributed by atoms with Crippen molar-refractivity contribution < 1.29 is 0 Å². The van der Waals surface area contributed by atoms with Crippen LogP contribution in [0.5, 0.6) is 0 Å². The first kappa shape index (κ1) is 17.0. The van der Waals surface area contributed by atoms with Crippen LogP contribution in [0.4, 0.5) is 5.69 Å². The highest BCUT2D eigenvalue weighted by atomic mass is 15.4. The van der Waals surface area contributed by atoms with Crippen molar-refractivity contribution in [2.45, 2.75) is 32.7 Å². The molecule has 1 fully saturated rings. The molecule has 0 atom stereocenters. The van der Waals surface area contributed by atoms with Gasteiger partial charge in [-0.1, -0.05) is 26.0 Å². The Bertz CT molecular complexity index is 894. The average Bonchev–Trinajstić information content (AvgIpc) is 3.20. The molecular formula is C19H27N7. The molecule has 0 N–H and O–H groups in total. The number of aryl methyl sites for hydroxylation is 1. The van der Waals surface area contributed by atoms with Crippen LogP contribution >= 0.6 is 0 Å². The van der Waals surface area contributed by atoms with Gasteiger partial charge >= 0.3 is 0 Å². The second kappa shape index (κ2) is 6.39.